The fourth-order valence-electron chi connectivity index (χ4n) is 1.30. The minimum absolute atomic E-state index is 0.194. The molecule has 82 valence electrons. The second-order valence-electron chi connectivity index (χ2n) is 3.63. The highest BCUT2D eigenvalue weighted by atomic mass is 16.2. The van der Waals surface area contributed by atoms with E-state index in [4.69, 9.17) is 6.42 Å². The van der Waals surface area contributed by atoms with E-state index in [0.29, 0.717) is 11.7 Å². The van der Waals surface area contributed by atoms with Crippen LogP contribution in [0.3, 0.4) is 0 Å². The third-order valence-electron chi connectivity index (χ3n) is 2.27. The molecule has 1 fully saturated rings. The molecule has 0 radical (unpaired) electrons. The lowest BCUT2D eigenvalue weighted by Crippen LogP contribution is -2.29. The number of terminal acetylenes is 1. The van der Waals surface area contributed by atoms with Crippen LogP contribution in [0.2, 0.25) is 0 Å². The summed E-state index contributed by atoms with van der Waals surface area (Å²) in [6, 6.07) is 3.27. The van der Waals surface area contributed by atoms with Crippen molar-refractivity contribution >= 4 is 11.8 Å². The van der Waals surface area contributed by atoms with Gasteiger partial charge in [0, 0.05) is 5.92 Å². The summed E-state index contributed by atoms with van der Waals surface area (Å²) < 4.78 is 0. The molecule has 1 aliphatic rings. The van der Waals surface area contributed by atoms with Crippen LogP contribution in [-0.4, -0.2) is 22.8 Å². The highest BCUT2D eigenvalue weighted by Gasteiger charge is 2.25. The first-order valence-corrected chi connectivity index (χ1v) is 5.11. The van der Waals surface area contributed by atoms with Gasteiger partial charge in [0.1, 0.15) is 0 Å². The zero-order valence-electron chi connectivity index (χ0n) is 8.73. The van der Waals surface area contributed by atoms with Crippen LogP contribution in [0.15, 0.2) is 12.1 Å². The number of urea groups is 1. The van der Waals surface area contributed by atoms with Gasteiger partial charge in [-0.1, -0.05) is 5.92 Å². The van der Waals surface area contributed by atoms with Gasteiger partial charge in [-0.05, 0) is 25.0 Å². The van der Waals surface area contributed by atoms with Gasteiger partial charge in [-0.2, -0.15) is 5.10 Å². The average Bonchev–Trinajstić information content (AvgIpc) is 3.11. The predicted molar refractivity (Wildman–Crippen MR) is 59.9 cm³/mol. The quantitative estimate of drug-likeness (QED) is 0.744. The van der Waals surface area contributed by atoms with E-state index in [2.05, 4.69) is 26.8 Å². The van der Waals surface area contributed by atoms with Crippen molar-refractivity contribution in [3.8, 4) is 12.3 Å². The lowest BCUT2D eigenvalue weighted by Gasteiger charge is -2.04. The first-order chi connectivity index (χ1) is 7.79. The van der Waals surface area contributed by atoms with Gasteiger partial charge < -0.3 is 5.32 Å². The zero-order chi connectivity index (χ0) is 11.4. The molecule has 0 aliphatic heterocycles. The molecule has 2 N–H and O–H groups in total. The van der Waals surface area contributed by atoms with Crippen LogP contribution in [0.5, 0.6) is 0 Å². The van der Waals surface area contributed by atoms with E-state index in [9.17, 15) is 4.79 Å². The maximum absolute atomic E-state index is 11.2. The van der Waals surface area contributed by atoms with Crippen LogP contribution in [-0.2, 0) is 0 Å². The number of rotatable bonds is 3. The van der Waals surface area contributed by atoms with Gasteiger partial charge in [0.05, 0.1) is 12.2 Å². The molecule has 0 atom stereocenters. The maximum atomic E-state index is 11.2. The Bertz CT molecular complexity index is 417. The number of carbonyl (C=O) groups excluding carboxylic acids is 1. The molecule has 0 aromatic carbocycles. The number of amides is 2. The smallest absolute Gasteiger partial charge is 0.321 e. The second kappa shape index (κ2) is 4.62. The van der Waals surface area contributed by atoms with Crippen molar-refractivity contribution in [3.63, 3.8) is 0 Å². The van der Waals surface area contributed by atoms with Crippen LogP contribution in [0.1, 0.15) is 24.5 Å². The van der Waals surface area contributed by atoms with Crippen LogP contribution >= 0.6 is 0 Å². The van der Waals surface area contributed by atoms with Gasteiger partial charge in [-0.25, -0.2) is 4.79 Å². The van der Waals surface area contributed by atoms with E-state index in [1.165, 1.54) is 12.8 Å². The number of nitrogens with zero attached hydrogens (tertiary/aromatic N) is 2. The van der Waals surface area contributed by atoms with E-state index in [0.717, 1.165) is 5.69 Å². The van der Waals surface area contributed by atoms with E-state index < -0.39 is 0 Å². The average molecular weight is 216 g/mol. The minimum atomic E-state index is -0.369. The summed E-state index contributed by atoms with van der Waals surface area (Å²) in [6.45, 7) is 0.194. The van der Waals surface area contributed by atoms with Crippen LogP contribution < -0.4 is 10.6 Å². The summed E-state index contributed by atoms with van der Waals surface area (Å²) >= 11 is 0. The third-order valence-corrected chi connectivity index (χ3v) is 2.27. The molecule has 1 aromatic heterocycles. The van der Waals surface area contributed by atoms with Crippen molar-refractivity contribution in [2.24, 2.45) is 0 Å². The van der Waals surface area contributed by atoms with Crippen LogP contribution in [0, 0.1) is 12.3 Å². The molecule has 1 saturated carbocycles. The van der Waals surface area contributed by atoms with Crippen LogP contribution in [0.4, 0.5) is 10.6 Å². The normalized spacial score (nSPS) is 13.9. The van der Waals surface area contributed by atoms with E-state index in [-0.39, 0.29) is 12.6 Å². The summed E-state index contributed by atoms with van der Waals surface area (Å²) in [6.07, 6.45) is 7.38. The number of hydrogen-bond acceptors (Lipinski definition) is 3. The highest BCUT2D eigenvalue weighted by molar-refractivity contribution is 5.88. The number of hydrogen-bond donors (Lipinski definition) is 2. The monoisotopic (exact) mass is 216 g/mol. The minimum Gasteiger partial charge on any atom is -0.327 e. The van der Waals surface area contributed by atoms with E-state index in [1.54, 1.807) is 6.07 Å². The standard InChI is InChI=1S/C11H12N4O/c1-2-7-12-11(16)13-10-6-5-9(14-15-10)8-3-4-8/h1,5-6,8H,3-4,7H2,(H2,12,13,15,16). The molecule has 0 bridgehead atoms. The Morgan fingerprint density at radius 2 is 2.31 bits per heavy atom. The number of carbonyl (C=O) groups is 1. The summed E-state index contributed by atoms with van der Waals surface area (Å²) in [7, 11) is 0. The van der Waals surface area contributed by atoms with Crippen LogP contribution in [0.25, 0.3) is 0 Å². The van der Waals surface area contributed by atoms with Crippen molar-refractivity contribution in [1.29, 1.82) is 0 Å². The fourth-order valence-corrected chi connectivity index (χ4v) is 1.30. The Kier molecular flexibility index (Phi) is 3.01. The molecule has 5 heteroatoms. The third kappa shape index (κ3) is 2.70. The summed E-state index contributed by atoms with van der Waals surface area (Å²) in [4.78, 5) is 11.2. The molecule has 1 aromatic rings. The van der Waals surface area contributed by atoms with E-state index >= 15 is 0 Å². The van der Waals surface area contributed by atoms with Gasteiger partial charge >= 0.3 is 6.03 Å². The molecule has 2 rings (SSSR count). The Labute approximate surface area is 93.6 Å². The molecule has 1 aliphatic carbocycles. The number of aromatic nitrogens is 2. The van der Waals surface area contributed by atoms with Gasteiger partial charge in [0.15, 0.2) is 5.82 Å². The van der Waals surface area contributed by atoms with Gasteiger partial charge in [-0.15, -0.1) is 11.5 Å². The largest absolute Gasteiger partial charge is 0.327 e. The second-order valence-corrected chi connectivity index (χ2v) is 3.63. The SMILES string of the molecule is C#CCNC(=O)Nc1ccc(C2CC2)nn1. The molecule has 1 heterocycles. The Morgan fingerprint density at radius 1 is 1.50 bits per heavy atom. The first kappa shape index (κ1) is 10.4. The molecule has 2 amide bonds. The lowest BCUT2D eigenvalue weighted by molar-refractivity contribution is 0.253. The highest BCUT2D eigenvalue weighted by Crippen LogP contribution is 2.38. The fraction of sp³-hybridized carbons (Fsp3) is 0.364. The van der Waals surface area contributed by atoms with Crippen molar-refractivity contribution in [1.82, 2.24) is 15.5 Å². The number of anilines is 1. The van der Waals surface area contributed by atoms with Crippen molar-refractivity contribution in [3.05, 3.63) is 17.8 Å². The predicted octanol–water partition coefficient (Wildman–Crippen LogP) is 1.11. The molecule has 16 heavy (non-hydrogen) atoms. The molecular weight excluding hydrogens is 204 g/mol. The maximum Gasteiger partial charge on any atom is 0.321 e. The Morgan fingerprint density at radius 3 is 2.88 bits per heavy atom. The summed E-state index contributed by atoms with van der Waals surface area (Å²) in [5, 5.41) is 13.0. The summed E-state index contributed by atoms with van der Waals surface area (Å²) in [5.41, 5.74) is 0.995. The van der Waals surface area contributed by atoms with Gasteiger partial charge in [0.25, 0.3) is 0 Å². The first-order valence-electron chi connectivity index (χ1n) is 5.11. The lowest BCUT2D eigenvalue weighted by atomic mass is 10.3. The zero-order valence-corrected chi connectivity index (χ0v) is 8.73. The molecule has 5 nitrogen and oxygen atoms in total. The van der Waals surface area contributed by atoms with Crippen molar-refractivity contribution < 1.29 is 4.79 Å². The van der Waals surface area contributed by atoms with Gasteiger partial charge in [-0.3, -0.25) is 5.32 Å². The van der Waals surface area contributed by atoms with E-state index in [1.807, 2.05) is 6.07 Å². The van der Waals surface area contributed by atoms with Crippen molar-refractivity contribution in [2.75, 3.05) is 11.9 Å². The molecule has 0 spiro atoms. The number of nitrogens with one attached hydrogen (secondary N) is 2. The topological polar surface area (TPSA) is 66.9 Å². The Balaban J connectivity index is 1.89. The Hall–Kier alpha value is -2.09. The molecular formula is C11H12N4O. The molecule has 0 saturated heterocycles. The van der Waals surface area contributed by atoms with Crippen molar-refractivity contribution in [2.45, 2.75) is 18.8 Å². The van der Waals surface area contributed by atoms with Gasteiger partial charge in [0.2, 0.25) is 0 Å². The molecule has 0 unspecified atom stereocenters. The summed E-state index contributed by atoms with van der Waals surface area (Å²) in [5.74, 6) is 3.30.